The number of rotatable bonds is 9. The van der Waals surface area contributed by atoms with Crippen LogP contribution in [0.2, 0.25) is 5.02 Å². The Morgan fingerprint density at radius 1 is 1.24 bits per heavy atom. The topological polar surface area (TPSA) is 59.6 Å². The van der Waals surface area contributed by atoms with E-state index in [1.807, 2.05) is 53.7 Å². The number of benzene rings is 1. The molecule has 0 aliphatic heterocycles. The Morgan fingerprint density at radius 3 is 2.48 bits per heavy atom. The van der Waals surface area contributed by atoms with Crippen LogP contribution in [0.5, 0.6) is 11.5 Å². The van der Waals surface area contributed by atoms with Gasteiger partial charge in [-0.15, -0.1) is 0 Å². The van der Waals surface area contributed by atoms with E-state index < -0.39 is 0 Å². The molecule has 0 aliphatic carbocycles. The summed E-state index contributed by atoms with van der Waals surface area (Å²) in [6.07, 6.45) is 0.894. The average Bonchev–Trinajstić information content (AvgIpc) is 2.50. The van der Waals surface area contributed by atoms with E-state index in [2.05, 4.69) is 10.6 Å². The van der Waals surface area contributed by atoms with Crippen molar-refractivity contribution in [1.29, 1.82) is 0 Å². The summed E-state index contributed by atoms with van der Waals surface area (Å²) in [6, 6.07) is 3.43. The van der Waals surface area contributed by atoms with Gasteiger partial charge in [0.15, 0.2) is 11.5 Å². The Hall–Kier alpha value is -1.46. The van der Waals surface area contributed by atoms with Crippen molar-refractivity contribution in [3.05, 3.63) is 22.7 Å². The Morgan fingerprint density at radius 2 is 1.92 bits per heavy atom. The highest BCUT2D eigenvalue weighted by Crippen LogP contribution is 2.36. The van der Waals surface area contributed by atoms with E-state index in [0.717, 1.165) is 12.0 Å². The van der Waals surface area contributed by atoms with Crippen molar-refractivity contribution in [3.63, 3.8) is 0 Å². The molecule has 5 nitrogen and oxygen atoms in total. The van der Waals surface area contributed by atoms with Gasteiger partial charge in [-0.2, -0.15) is 0 Å². The Bertz CT molecular complexity index is 571. The molecule has 0 bridgehead atoms. The van der Waals surface area contributed by atoms with Crippen LogP contribution in [0.1, 0.15) is 53.5 Å². The van der Waals surface area contributed by atoms with Gasteiger partial charge in [0.2, 0.25) is 5.91 Å². The molecule has 0 spiro atoms. The third-order valence-corrected chi connectivity index (χ3v) is 3.60. The normalized spacial score (nSPS) is 12.6. The Balaban J connectivity index is 2.80. The van der Waals surface area contributed by atoms with Crippen LogP contribution in [0.15, 0.2) is 12.1 Å². The molecule has 0 fully saturated rings. The summed E-state index contributed by atoms with van der Waals surface area (Å²) in [4.78, 5) is 12.1. The second-order valence-corrected chi connectivity index (χ2v) is 7.44. The van der Waals surface area contributed by atoms with Crippen molar-refractivity contribution in [2.24, 2.45) is 0 Å². The van der Waals surface area contributed by atoms with Crippen LogP contribution in [0.3, 0.4) is 0 Å². The van der Waals surface area contributed by atoms with Gasteiger partial charge in [-0.3, -0.25) is 4.79 Å². The molecule has 0 heterocycles. The van der Waals surface area contributed by atoms with Crippen molar-refractivity contribution < 1.29 is 14.3 Å². The lowest BCUT2D eigenvalue weighted by Crippen LogP contribution is -2.49. The van der Waals surface area contributed by atoms with Crippen molar-refractivity contribution in [2.45, 2.75) is 66.1 Å². The highest BCUT2D eigenvalue weighted by atomic mass is 35.5. The number of ether oxygens (including phenoxy) is 2. The molecule has 2 N–H and O–H groups in total. The zero-order valence-electron chi connectivity index (χ0n) is 16.2. The fourth-order valence-electron chi connectivity index (χ4n) is 2.17. The van der Waals surface area contributed by atoms with E-state index in [-0.39, 0.29) is 17.5 Å². The monoisotopic (exact) mass is 370 g/mol. The molecule has 1 aromatic carbocycles. The SMILES string of the molecule is CCCOc1c(Cl)cc(CNC(C)C(=O)NC(C)(C)C)cc1OCC. The van der Waals surface area contributed by atoms with Crippen LogP contribution in [0.4, 0.5) is 0 Å². The van der Waals surface area contributed by atoms with Crippen LogP contribution in [-0.2, 0) is 11.3 Å². The molecular weight excluding hydrogens is 340 g/mol. The fraction of sp³-hybridized carbons (Fsp3) is 0.632. The summed E-state index contributed by atoms with van der Waals surface area (Å²) in [7, 11) is 0. The minimum atomic E-state index is -0.315. The standard InChI is InChI=1S/C19H31ClN2O3/c1-7-9-25-17-15(20)10-14(11-16(17)24-8-2)12-21-13(3)18(23)22-19(4,5)6/h10-11,13,21H,7-9,12H2,1-6H3,(H,22,23). The zero-order valence-corrected chi connectivity index (χ0v) is 16.9. The molecule has 0 aromatic heterocycles. The maximum atomic E-state index is 12.1. The number of hydrogen-bond acceptors (Lipinski definition) is 4. The summed E-state index contributed by atoms with van der Waals surface area (Å²) in [5.41, 5.74) is 0.684. The average molecular weight is 371 g/mol. The largest absolute Gasteiger partial charge is 0.490 e. The van der Waals surface area contributed by atoms with Gasteiger partial charge in [0.1, 0.15) is 0 Å². The van der Waals surface area contributed by atoms with Crippen molar-refractivity contribution in [3.8, 4) is 11.5 Å². The Kier molecular flexibility index (Phi) is 8.53. The van der Waals surface area contributed by atoms with Crippen molar-refractivity contribution >= 4 is 17.5 Å². The van der Waals surface area contributed by atoms with Gasteiger partial charge >= 0.3 is 0 Å². The van der Waals surface area contributed by atoms with Gasteiger partial charge in [0, 0.05) is 12.1 Å². The molecule has 1 aromatic rings. The lowest BCUT2D eigenvalue weighted by Gasteiger charge is -2.24. The van der Waals surface area contributed by atoms with Gasteiger partial charge in [-0.05, 0) is 58.7 Å². The van der Waals surface area contributed by atoms with Crippen molar-refractivity contribution in [2.75, 3.05) is 13.2 Å². The smallest absolute Gasteiger partial charge is 0.237 e. The quantitative estimate of drug-likeness (QED) is 0.691. The molecule has 25 heavy (non-hydrogen) atoms. The van der Waals surface area contributed by atoms with Gasteiger partial charge in [-0.1, -0.05) is 18.5 Å². The van der Waals surface area contributed by atoms with Crippen LogP contribution < -0.4 is 20.1 Å². The molecule has 6 heteroatoms. The summed E-state index contributed by atoms with van der Waals surface area (Å²) in [5, 5.41) is 6.69. The number of halogens is 1. The number of carbonyl (C=O) groups excluding carboxylic acids is 1. The van der Waals surface area contributed by atoms with E-state index in [4.69, 9.17) is 21.1 Å². The Labute approximate surface area is 156 Å². The predicted molar refractivity (Wildman–Crippen MR) is 103 cm³/mol. The number of nitrogens with one attached hydrogen (secondary N) is 2. The second kappa shape index (κ2) is 9.88. The minimum absolute atomic E-state index is 0.0356. The van der Waals surface area contributed by atoms with Gasteiger partial charge in [0.05, 0.1) is 24.3 Å². The second-order valence-electron chi connectivity index (χ2n) is 7.03. The van der Waals surface area contributed by atoms with E-state index >= 15 is 0 Å². The first-order valence-electron chi connectivity index (χ1n) is 8.81. The van der Waals surface area contributed by atoms with Gasteiger partial charge < -0.3 is 20.1 Å². The molecule has 1 rings (SSSR count). The lowest BCUT2D eigenvalue weighted by atomic mass is 10.1. The van der Waals surface area contributed by atoms with E-state index in [9.17, 15) is 4.79 Å². The summed E-state index contributed by atoms with van der Waals surface area (Å²) in [6.45, 7) is 13.3. The van der Waals surface area contributed by atoms with Crippen LogP contribution in [0, 0.1) is 0 Å². The number of carbonyl (C=O) groups is 1. The fourth-order valence-corrected chi connectivity index (χ4v) is 2.46. The predicted octanol–water partition coefficient (Wildman–Crippen LogP) is 3.92. The third-order valence-electron chi connectivity index (χ3n) is 3.32. The van der Waals surface area contributed by atoms with Crippen LogP contribution in [-0.4, -0.2) is 30.7 Å². The van der Waals surface area contributed by atoms with Crippen LogP contribution >= 0.6 is 11.6 Å². The highest BCUT2D eigenvalue weighted by Gasteiger charge is 2.19. The van der Waals surface area contributed by atoms with Crippen molar-refractivity contribution in [1.82, 2.24) is 10.6 Å². The van der Waals surface area contributed by atoms with Gasteiger partial charge in [0.25, 0.3) is 0 Å². The minimum Gasteiger partial charge on any atom is -0.490 e. The number of hydrogen-bond donors (Lipinski definition) is 2. The summed E-state index contributed by atoms with van der Waals surface area (Å²) >= 11 is 6.36. The first-order chi connectivity index (χ1) is 11.7. The lowest BCUT2D eigenvalue weighted by molar-refractivity contribution is -0.124. The van der Waals surface area contributed by atoms with E-state index in [0.29, 0.717) is 36.3 Å². The third kappa shape index (κ3) is 7.53. The first kappa shape index (κ1) is 21.6. The molecule has 0 saturated heterocycles. The maximum Gasteiger partial charge on any atom is 0.237 e. The molecule has 0 saturated carbocycles. The first-order valence-corrected chi connectivity index (χ1v) is 9.19. The van der Waals surface area contributed by atoms with E-state index in [1.54, 1.807) is 0 Å². The molecule has 0 radical (unpaired) electrons. The zero-order chi connectivity index (χ0) is 19.0. The molecule has 1 unspecified atom stereocenters. The summed E-state index contributed by atoms with van der Waals surface area (Å²) < 4.78 is 11.4. The van der Waals surface area contributed by atoms with E-state index in [1.165, 1.54) is 0 Å². The highest BCUT2D eigenvalue weighted by molar-refractivity contribution is 6.32. The van der Waals surface area contributed by atoms with Crippen LogP contribution in [0.25, 0.3) is 0 Å². The molecule has 1 amide bonds. The summed E-state index contributed by atoms with van der Waals surface area (Å²) in [5.74, 6) is 1.17. The molecule has 1 atom stereocenters. The maximum absolute atomic E-state index is 12.1. The number of amides is 1. The molecule has 142 valence electrons. The molecular formula is C19H31ClN2O3. The molecule has 0 aliphatic rings. The van der Waals surface area contributed by atoms with Gasteiger partial charge in [-0.25, -0.2) is 0 Å².